The second-order valence-corrected chi connectivity index (χ2v) is 13.4. The Balaban J connectivity index is 1.85. The van der Waals surface area contributed by atoms with E-state index in [1.165, 1.54) is 74.6 Å². The van der Waals surface area contributed by atoms with E-state index in [2.05, 4.69) is 96.9 Å². The number of unbranched alkanes of at least 4 members (excludes halogenated alkanes) is 3. The Kier molecular flexibility index (Phi) is 7.63. The van der Waals surface area contributed by atoms with Gasteiger partial charge in [0.15, 0.2) is 0 Å². The molecule has 0 unspecified atom stereocenters. The van der Waals surface area contributed by atoms with Crippen LogP contribution >= 0.6 is 0 Å². The van der Waals surface area contributed by atoms with Crippen molar-refractivity contribution in [1.29, 1.82) is 0 Å². The summed E-state index contributed by atoms with van der Waals surface area (Å²) in [5.41, 5.74) is 0. The molecule has 0 heterocycles. The van der Waals surface area contributed by atoms with Crippen molar-refractivity contribution in [3.05, 3.63) is 85.0 Å². The highest BCUT2D eigenvalue weighted by molar-refractivity contribution is 7.03. The molecule has 164 valence electrons. The van der Waals surface area contributed by atoms with Gasteiger partial charge in [0.25, 0.3) is 0 Å². The molecule has 1 fully saturated rings. The maximum atomic E-state index is 4.46. The first-order valence-corrected chi connectivity index (χ1v) is 14.6. The fraction of sp³-hybridized carbons (Fsp3) is 0.448. The van der Waals surface area contributed by atoms with Gasteiger partial charge in [-0.1, -0.05) is 137 Å². The largest absolute Gasteiger partial charge is 0.327 e. The molecule has 0 aromatic heterocycles. The van der Waals surface area contributed by atoms with E-state index in [4.69, 9.17) is 0 Å². The summed E-state index contributed by atoms with van der Waals surface area (Å²) >= 11 is 0. The van der Waals surface area contributed by atoms with Crippen LogP contribution in [0.1, 0.15) is 71.1 Å². The molecule has 0 radical (unpaired) electrons. The summed E-state index contributed by atoms with van der Waals surface area (Å²) < 4.78 is 0. The molecule has 1 saturated carbocycles. The highest BCUT2D eigenvalue weighted by atomic mass is 28.3. The van der Waals surface area contributed by atoms with Crippen LogP contribution in [-0.2, 0) is 0 Å². The van der Waals surface area contributed by atoms with E-state index in [0.717, 1.165) is 0 Å². The Morgan fingerprint density at radius 1 is 0.774 bits per heavy atom. The molecule has 4 rings (SSSR count). The van der Waals surface area contributed by atoms with Gasteiger partial charge in [-0.2, -0.15) is 0 Å². The molecule has 2 aliphatic rings. The van der Waals surface area contributed by atoms with E-state index in [1.54, 1.807) is 0 Å². The fourth-order valence-electron chi connectivity index (χ4n) is 5.89. The molecular weight excluding hydrogens is 390 g/mol. The maximum absolute atomic E-state index is 4.46. The van der Waals surface area contributed by atoms with Crippen molar-refractivity contribution in [3.63, 3.8) is 0 Å². The molecule has 0 atom stereocenters. The van der Waals surface area contributed by atoms with E-state index in [-0.39, 0.29) is 5.04 Å². The van der Waals surface area contributed by atoms with E-state index >= 15 is 0 Å². The minimum absolute atomic E-state index is 0.0842. The van der Waals surface area contributed by atoms with Crippen LogP contribution in [0.5, 0.6) is 0 Å². The molecule has 2 aliphatic carbocycles. The molecule has 2 aromatic carbocycles. The van der Waals surface area contributed by atoms with E-state index in [0.29, 0.717) is 6.04 Å². The lowest BCUT2D eigenvalue weighted by molar-refractivity contribution is 0.411. The Bertz CT molecular complexity index is 797. The molecule has 1 N–H and O–H groups in total. The van der Waals surface area contributed by atoms with Crippen molar-refractivity contribution in [2.75, 3.05) is 0 Å². The average Bonchev–Trinajstić information content (AvgIpc) is 3.32. The predicted octanol–water partition coefficient (Wildman–Crippen LogP) is 6.51. The number of hydrogen-bond acceptors (Lipinski definition) is 1. The molecule has 0 bridgehead atoms. The molecular formula is C29H39NSi. The zero-order valence-electron chi connectivity index (χ0n) is 19.2. The summed E-state index contributed by atoms with van der Waals surface area (Å²) in [5.74, 6) is 0. The van der Waals surface area contributed by atoms with Gasteiger partial charge in [-0.3, -0.25) is 0 Å². The van der Waals surface area contributed by atoms with Gasteiger partial charge in [0.2, 0.25) is 8.24 Å². The Morgan fingerprint density at radius 3 is 1.90 bits per heavy atom. The monoisotopic (exact) mass is 429 g/mol. The first-order chi connectivity index (χ1) is 15.3. The van der Waals surface area contributed by atoms with Crippen molar-refractivity contribution in [3.8, 4) is 0 Å². The summed E-state index contributed by atoms with van der Waals surface area (Å²) in [7, 11) is -2.34. The molecule has 0 spiro atoms. The van der Waals surface area contributed by atoms with Gasteiger partial charge in [0, 0.05) is 11.1 Å². The topological polar surface area (TPSA) is 12.0 Å². The SMILES string of the molecule is CCCCCCC1([Si](NC2CCCCC2)(c2ccccc2)c2ccccc2)C=CC=C1. The molecule has 2 aromatic rings. The first kappa shape index (κ1) is 22.3. The van der Waals surface area contributed by atoms with Crippen LogP contribution in [0.4, 0.5) is 0 Å². The van der Waals surface area contributed by atoms with Crippen molar-refractivity contribution in [2.45, 2.75) is 82.2 Å². The summed E-state index contributed by atoms with van der Waals surface area (Å²) in [4.78, 5) is 4.46. The number of benzene rings is 2. The molecule has 0 saturated heterocycles. The number of allylic oxidation sites excluding steroid dienone is 4. The van der Waals surface area contributed by atoms with Gasteiger partial charge in [0.05, 0.1) is 0 Å². The van der Waals surface area contributed by atoms with Gasteiger partial charge >= 0.3 is 0 Å². The Morgan fingerprint density at radius 2 is 1.35 bits per heavy atom. The molecule has 0 amide bonds. The summed E-state index contributed by atoms with van der Waals surface area (Å²) in [6.07, 6.45) is 23.0. The lowest BCUT2D eigenvalue weighted by Gasteiger charge is -2.49. The van der Waals surface area contributed by atoms with Crippen LogP contribution < -0.4 is 15.4 Å². The third-order valence-electron chi connectivity index (χ3n) is 7.48. The van der Waals surface area contributed by atoms with Crippen LogP contribution in [-0.4, -0.2) is 14.3 Å². The van der Waals surface area contributed by atoms with Crippen molar-refractivity contribution in [1.82, 2.24) is 4.98 Å². The van der Waals surface area contributed by atoms with Crippen LogP contribution in [0.2, 0.25) is 5.04 Å². The van der Waals surface area contributed by atoms with Gasteiger partial charge in [-0.25, -0.2) is 0 Å². The standard InChI is InChI=1S/C29H39NSi/c1-2-3-4-14-23-29(24-15-16-25-29)31(27-19-10-6-11-20-27,28-21-12-7-13-22-28)30-26-17-8-5-9-18-26/h6-7,10-13,15-16,19-22,24-26,30H,2-5,8-9,14,17-18,23H2,1H3. The zero-order valence-corrected chi connectivity index (χ0v) is 20.2. The lowest BCUT2D eigenvalue weighted by atomic mass is 9.96. The third-order valence-corrected chi connectivity index (χ3v) is 12.7. The Hall–Kier alpha value is -1.90. The highest BCUT2D eigenvalue weighted by Crippen LogP contribution is 2.47. The summed E-state index contributed by atoms with van der Waals surface area (Å²) in [6.45, 7) is 2.31. The Labute approximate surface area is 190 Å². The molecule has 31 heavy (non-hydrogen) atoms. The smallest absolute Gasteiger partial charge is 0.204 e. The van der Waals surface area contributed by atoms with Crippen LogP contribution in [0.3, 0.4) is 0 Å². The first-order valence-electron chi connectivity index (χ1n) is 12.6. The average molecular weight is 430 g/mol. The number of hydrogen-bond donors (Lipinski definition) is 1. The minimum Gasteiger partial charge on any atom is -0.327 e. The number of rotatable bonds is 10. The molecule has 1 nitrogen and oxygen atoms in total. The summed E-state index contributed by atoms with van der Waals surface area (Å²) in [5, 5.41) is 3.14. The van der Waals surface area contributed by atoms with E-state index in [1.807, 2.05) is 0 Å². The normalized spacial score (nSPS) is 18.5. The third kappa shape index (κ3) is 4.66. The van der Waals surface area contributed by atoms with Gasteiger partial charge in [0.1, 0.15) is 0 Å². The van der Waals surface area contributed by atoms with Crippen molar-refractivity contribution < 1.29 is 0 Å². The van der Waals surface area contributed by atoms with E-state index in [9.17, 15) is 0 Å². The minimum atomic E-state index is -2.34. The maximum Gasteiger partial charge on any atom is 0.204 e. The molecule has 0 aliphatic heterocycles. The van der Waals surface area contributed by atoms with E-state index < -0.39 is 8.24 Å². The second kappa shape index (κ2) is 10.6. The number of nitrogens with one attached hydrogen (secondary N) is 1. The summed E-state index contributed by atoms with van der Waals surface area (Å²) in [6, 6.07) is 23.6. The van der Waals surface area contributed by atoms with Crippen LogP contribution in [0.25, 0.3) is 0 Å². The lowest BCUT2D eigenvalue weighted by Crippen LogP contribution is -2.76. The highest BCUT2D eigenvalue weighted by Gasteiger charge is 2.54. The van der Waals surface area contributed by atoms with Gasteiger partial charge in [-0.05, 0) is 29.6 Å². The zero-order chi connectivity index (χ0) is 21.4. The van der Waals surface area contributed by atoms with Gasteiger partial charge in [-0.15, -0.1) is 0 Å². The second-order valence-electron chi connectivity index (χ2n) is 9.53. The fourth-order valence-corrected chi connectivity index (χ4v) is 11.4. The molecule has 2 heteroatoms. The van der Waals surface area contributed by atoms with Gasteiger partial charge < -0.3 is 4.98 Å². The van der Waals surface area contributed by atoms with Crippen molar-refractivity contribution >= 4 is 18.6 Å². The van der Waals surface area contributed by atoms with Crippen LogP contribution in [0, 0.1) is 0 Å². The quantitative estimate of drug-likeness (QED) is 0.335. The van der Waals surface area contributed by atoms with Crippen molar-refractivity contribution in [2.24, 2.45) is 0 Å². The predicted molar refractivity (Wildman–Crippen MR) is 138 cm³/mol. The van der Waals surface area contributed by atoms with Crippen LogP contribution in [0.15, 0.2) is 85.0 Å².